The predicted octanol–water partition coefficient (Wildman–Crippen LogP) is 2.45. The van der Waals surface area contributed by atoms with Crippen molar-refractivity contribution in [2.45, 2.75) is 52.0 Å². The minimum atomic E-state index is -0.466. The van der Waals surface area contributed by atoms with Gasteiger partial charge < -0.3 is 4.57 Å². The Kier molecular flexibility index (Phi) is 4.23. The molecule has 0 radical (unpaired) electrons. The normalized spacial score (nSPS) is 13.7. The first-order valence-corrected chi connectivity index (χ1v) is 6.94. The maximum atomic E-state index is 12.3. The van der Waals surface area contributed by atoms with E-state index in [0.717, 1.165) is 38.6 Å². The van der Waals surface area contributed by atoms with Gasteiger partial charge in [-0.25, -0.2) is 0 Å². The number of hydrogen-bond donors (Lipinski definition) is 0. The summed E-state index contributed by atoms with van der Waals surface area (Å²) in [6.07, 6.45) is 5.16. The molecule has 1 aliphatic rings. The van der Waals surface area contributed by atoms with Gasteiger partial charge in [-0.15, -0.1) is 0 Å². The zero-order valence-corrected chi connectivity index (χ0v) is 11.4. The van der Waals surface area contributed by atoms with Crippen LogP contribution < -0.4 is 5.56 Å². The Morgan fingerprint density at radius 2 is 2.22 bits per heavy atom. The quantitative estimate of drug-likeness (QED) is 0.769. The minimum absolute atomic E-state index is 0.0295. The molecule has 0 unspecified atom stereocenters. The van der Waals surface area contributed by atoms with E-state index in [4.69, 9.17) is 11.6 Å². The molecule has 4 heteroatoms. The van der Waals surface area contributed by atoms with E-state index in [2.05, 4.69) is 6.92 Å². The lowest BCUT2D eigenvalue weighted by Crippen LogP contribution is -2.27. The van der Waals surface area contributed by atoms with Crippen molar-refractivity contribution in [1.82, 2.24) is 4.57 Å². The Morgan fingerprint density at radius 3 is 2.89 bits per heavy atom. The Bertz CT molecular complexity index is 519. The van der Waals surface area contributed by atoms with Gasteiger partial charge in [0.25, 0.3) is 5.56 Å². The SMILES string of the molecule is CCCCn1c2c(cc(CC(=O)Cl)c1=O)CCC2. The molecule has 2 rings (SSSR count). The third-order valence-electron chi connectivity index (χ3n) is 3.49. The van der Waals surface area contributed by atoms with Gasteiger partial charge >= 0.3 is 0 Å². The lowest BCUT2D eigenvalue weighted by atomic mass is 10.1. The number of rotatable bonds is 5. The number of aryl methyl sites for hydroxylation is 1. The van der Waals surface area contributed by atoms with Crippen LogP contribution in [0.5, 0.6) is 0 Å². The summed E-state index contributed by atoms with van der Waals surface area (Å²) in [6.45, 7) is 2.86. The predicted molar refractivity (Wildman–Crippen MR) is 72.2 cm³/mol. The molecule has 0 atom stereocenters. The van der Waals surface area contributed by atoms with Gasteiger partial charge in [-0.3, -0.25) is 9.59 Å². The number of fused-ring (bicyclic) bond motifs is 1. The van der Waals surface area contributed by atoms with Crippen molar-refractivity contribution in [3.63, 3.8) is 0 Å². The molecule has 0 spiro atoms. The van der Waals surface area contributed by atoms with E-state index < -0.39 is 5.24 Å². The van der Waals surface area contributed by atoms with Crippen molar-refractivity contribution < 1.29 is 4.79 Å². The van der Waals surface area contributed by atoms with E-state index in [-0.39, 0.29) is 12.0 Å². The lowest BCUT2D eigenvalue weighted by Gasteiger charge is -2.13. The van der Waals surface area contributed by atoms with Gasteiger partial charge in [0, 0.05) is 17.8 Å². The van der Waals surface area contributed by atoms with Crippen LogP contribution in [-0.4, -0.2) is 9.81 Å². The van der Waals surface area contributed by atoms with Crippen LogP contribution in [0, 0.1) is 0 Å². The zero-order valence-electron chi connectivity index (χ0n) is 10.7. The molecule has 0 N–H and O–H groups in total. The van der Waals surface area contributed by atoms with Crippen LogP contribution in [0.1, 0.15) is 43.0 Å². The van der Waals surface area contributed by atoms with E-state index in [1.54, 1.807) is 0 Å². The molecular formula is C14H18ClNO2. The number of carbonyl (C=O) groups is 1. The molecule has 0 aliphatic heterocycles. The van der Waals surface area contributed by atoms with Crippen molar-refractivity contribution in [1.29, 1.82) is 0 Å². The monoisotopic (exact) mass is 267 g/mol. The van der Waals surface area contributed by atoms with E-state index in [1.807, 2.05) is 10.6 Å². The van der Waals surface area contributed by atoms with Crippen LogP contribution in [0.3, 0.4) is 0 Å². The second-order valence-corrected chi connectivity index (χ2v) is 5.26. The third-order valence-corrected chi connectivity index (χ3v) is 3.62. The van der Waals surface area contributed by atoms with Crippen molar-refractivity contribution in [2.24, 2.45) is 0 Å². The average molecular weight is 268 g/mol. The fourth-order valence-electron chi connectivity index (χ4n) is 2.61. The molecule has 1 heterocycles. The summed E-state index contributed by atoms with van der Waals surface area (Å²) < 4.78 is 1.86. The fraction of sp³-hybridized carbons (Fsp3) is 0.571. The van der Waals surface area contributed by atoms with Gasteiger partial charge in [-0.2, -0.15) is 0 Å². The zero-order chi connectivity index (χ0) is 13.1. The Balaban J connectivity index is 2.45. The van der Waals surface area contributed by atoms with Crippen LogP contribution in [0.15, 0.2) is 10.9 Å². The van der Waals surface area contributed by atoms with Crippen LogP contribution in [0.2, 0.25) is 0 Å². The van der Waals surface area contributed by atoms with Crippen LogP contribution in [0.25, 0.3) is 0 Å². The van der Waals surface area contributed by atoms with Gasteiger partial charge in [-0.1, -0.05) is 13.3 Å². The highest BCUT2D eigenvalue weighted by atomic mass is 35.5. The highest BCUT2D eigenvalue weighted by Gasteiger charge is 2.19. The van der Waals surface area contributed by atoms with Crippen molar-refractivity contribution in [3.8, 4) is 0 Å². The van der Waals surface area contributed by atoms with Gasteiger partial charge in [-0.05, 0) is 48.9 Å². The van der Waals surface area contributed by atoms with Crippen molar-refractivity contribution >= 4 is 16.8 Å². The van der Waals surface area contributed by atoms with Gasteiger partial charge in [0.05, 0.1) is 6.42 Å². The summed E-state index contributed by atoms with van der Waals surface area (Å²) in [5, 5.41) is -0.466. The van der Waals surface area contributed by atoms with Crippen LogP contribution >= 0.6 is 11.6 Å². The molecule has 0 bridgehead atoms. The molecule has 1 aromatic heterocycles. The first-order valence-electron chi connectivity index (χ1n) is 6.56. The summed E-state index contributed by atoms with van der Waals surface area (Å²) in [5.74, 6) is 0. The smallest absolute Gasteiger partial charge is 0.254 e. The highest BCUT2D eigenvalue weighted by Crippen LogP contribution is 2.22. The van der Waals surface area contributed by atoms with Crippen molar-refractivity contribution in [3.05, 3.63) is 33.2 Å². The Labute approximate surface area is 112 Å². The number of nitrogens with zero attached hydrogens (tertiary/aromatic N) is 1. The van der Waals surface area contributed by atoms with E-state index in [1.165, 1.54) is 11.3 Å². The maximum absolute atomic E-state index is 12.3. The second kappa shape index (κ2) is 5.70. The molecule has 98 valence electrons. The highest BCUT2D eigenvalue weighted by molar-refractivity contribution is 6.63. The van der Waals surface area contributed by atoms with E-state index in [0.29, 0.717) is 5.56 Å². The molecule has 18 heavy (non-hydrogen) atoms. The number of hydrogen-bond acceptors (Lipinski definition) is 2. The molecule has 0 fully saturated rings. The first kappa shape index (κ1) is 13.3. The van der Waals surface area contributed by atoms with Gasteiger partial charge in [0.15, 0.2) is 0 Å². The fourth-order valence-corrected chi connectivity index (χ4v) is 2.76. The number of carbonyl (C=O) groups excluding carboxylic acids is 1. The molecule has 0 amide bonds. The van der Waals surface area contributed by atoms with Crippen LogP contribution in [0.4, 0.5) is 0 Å². The summed E-state index contributed by atoms with van der Waals surface area (Å²) in [5.41, 5.74) is 2.91. The largest absolute Gasteiger partial charge is 0.312 e. The summed E-state index contributed by atoms with van der Waals surface area (Å²) in [6, 6.07) is 1.88. The molecule has 1 aromatic rings. The molecule has 0 saturated heterocycles. The molecular weight excluding hydrogens is 250 g/mol. The molecule has 1 aliphatic carbocycles. The standard InChI is InChI=1S/C14H18ClNO2/c1-2-3-7-16-12-6-4-5-10(12)8-11(14(16)18)9-13(15)17/h8H,2-7,9H2,1H3. The van der Waals surface area contributed by atoms with E-state index in [9.17, 15) is 9.59 Å². The summed E-state index contributed by atoms with van der Waals surface area (Å²) in [7, 11) is 0. The molecule has 0 aromatic carbocycles. The van der Waals surface area contributed by atoms with Crippen LogP contribution in [-0.2, 0) is 30.6 Å². The topological polar surface area (TPSA) is 39.1 Å². The van der Waals surface area contributed by atoms with Gasteiger partial charge in [0.1, 0.15) is 0 Å². The van der Waals surface area contributed by atoms with E-state index >= 15 is 0 Å². The number of halogens is 1. The average Bonchev–Trinajstić information content (AvgIpc) is 2.76. The Hall–Kier alpha value is -1.09. The Morgan fingerprint density at radius 1 is 1.44 bits per heavy atom. The summed E-state index contributed by atoms with van der Waals surface area (Å²) >= 11 is 5.40. The van der Waals surface area contributed by atoms with Crippen molar-refractivity contribution in [2.75, 3.05) is 0 Å². The summed E-state index contributed by atoms with van der Waals surface area (Å²) in [4.78, 5) is 23.3. The van der Waals surface area contributed by atoms with Gasteiger partial charge in [0.2, 0.25) is 5.24 Å². The lowest BCUT2D eigenvalue weighted by molar-refractivity contribution is -0.111. The molecule has 0 saturated carbocycles. The minimum Gasteiger partial charge on any atom is -0.312 e. The number of unbranched alkanes of at least 4 members (excludes halogenated alkanes) is 1. The number of aromatic nitrogens is 1. The first-order chi connectivity index (χ1) is 8.63. The third kappa shape index (κ3) is 2.66. The number of pyridine rings is 1. The molecule has 3 nitrogen and oxygen atoms in total. The second-order valence-electron chi connectivity index (χ2n) is 4.84. The maximum Gasteiger partial charge on any atom is 0.254 e.